The van der Waals surface area contributed by atoms with E-state index in [2.05, 4.69) is 21.7 Å². The Bertz CT molecular complexity index is 1290. The van der Waals surface area contributed by atoms with Crippen molar-refractivity contribution in [3.05, 3.63) is 58.6 Å². The first-order valence-electron chi connectivity index (χ1n) is 10.8. The zero-order valence-electron chi connectivity index (χ0n) is 17.8. The number of oxazole rings is 1. The second kappa shape index (κ2) is 7.81. The molecule has 6 nitrogen and oxygen atoms in total. The van der Waals surface area contributed by atoms with Crippen LogP contribution in [0.2, 0.25) is 0 Å². The van der Waals surface area contributed by atoms with Crippen molar-refractivity contribution < 1.29 is 8.81 Å². The summed E-state index contributed by atoms with van der Waals surface area (Å²) in [5.74, 6) is -0.109. The van der Waals surface area contributed by atoms with Gasteiger partial charge in [-0.15, -0.1) is 0 Å². The lowest BCUT2D eigenvalue weighted by Crippen LogP contribution is -2.46. The van der Waals surface area contributed by atoms with Crippen LogP contribution in [-0.2, 0) is 6.54 Å². The van der Waals surface area contributed by atoms with Gasteiger partial charge in [-0.1, -0.05) is 19.1 Å². The summed E-state index contributed by atoms with van der Waals surface area (Å²) < 4.78 is 22.9. The predicted molar refractivity (Wildman–Crippen MR) is 121 cm³/mol. The van der Waals surface area contributed by atoms with Crippen molar-refractivity contribution in [1.82, 2.24) is 14.5 Å². The van der Waals surface area contributed by atoms with Crippen LogP contribution in [-0.4, -0.2) is 47.2 Å². The number of fused-ring (bicyclic) bond motifs is 2. The molecule has 2 aromatic heterocycles. The maximum absolute atomic E-state index is 15.2. The third-order valence-corrected chi connectivity index (χ3v) is 6.17. The van der Waals surface area contributed by atoms with Gasteiger partial charge < -0.3 is 18.8 Å². The van der Waals surface area contributed by atoms with E-state index in [-0.39, 0.29) is 17.1 Å². The molecule has 0 spiro atoms. The number of benzene rings is 2. The molecule has 0 amide bonds. The molecule has 3 heterocycles. The lowest BCUT2D eigenvalue weighted by Gasteiger charge is -2.35. The van der Waals surface area contributed by atoms with E-state index in [0.29, 0.717) is 34.3 Å². The minimum Gasteiger partial charge on any atom is -0.436 e. The SMILES string of the molecule is CCN1CCN(c2cc3c(cc2F)c(=O)c(-c2nc4ccccc4o2)cn3CC)CC1. The average molecular weight is 420 g/mol. The van der Waals surface area contributed by atoms with E-state index < -0.39 is 0 Å². The Morgan fingerprint density at radius 3 is 2.55 bits per heavy atom. The summed E-state index contributed by atoms with van der Waals surface area (Å²) in [6, 6.07) is 10.6. The highest BCUT2D eigenvalue weighted by molar-refractivity contribution is 5.87. The van der Waals surface area contributed by atoms with Gasteiger partial charge in [0.05, 0.1) is 11.2 Å². The van der Waals surface area contributed by atoms with Crippen LogP contribution in [0.1, 0.15) is 13.8 Å². The zero-order valence-corrected chi connectivity index (χ0v) is 17.8. The minimum atomic E-state index is -0.369. The van der Waals surface area contributed by atoms with Crippen LogP contribution in [0.4, 0.5) is 10.1 Å². The number of likely N-dealkylation sites (N-methyl/N-ethyl adjacent to an activating group) is 1. The summed E-state index contributed by atoms with van der Waals surface area (Å²) in [5, 5.41) is 0.343. The third kappa shape index (κ3) is 3.39. The molecule has 4 aromatic rings. The largest absolute Gasteiger partial charge is 0.436 e. The zero-order chi connectivity index (χ0) is 21.5. The molecule has 7 heteroatoms. The Morgan fingerprint density at radius 1 is 1.06 bits per heavy atom. The van der Waals surface area contributed by atoms with E-state index in [1.54, 1.807) is 6.20 Å². The summed E-state index contributed by atoms with van der Waals surface area (Å²) in [4.78, 5) is 22.2. The lowest BCUT2D eigenvalue weighted by atomic mass is 10.1. The molecule has 0 N–H and O–H groups in total. The van der Waals surface area contributed by atoms with Crippen molar-refractivity contribution in [1.29, 1.82) is 0 Å². The molecule has 2 aromatic carbocycles. The monoisotopic (exact) mass is 420 g/mol. The molecule has 160 valence electrons. The standard InChI is InChI=1S/C24H25FN4O2/c1-3-27-9-11-29(12-10-27)21-14-20-16(13-18(21)25)23(30)17(15-28(20)4-2)24-26-19-7-5-6-8-22(19)31-24/h5-8,13-15H,3-4,9-12H2,1-2H3. The van der Waals surface area contributed by atoms with Crippen molar-refractivity contribution in [2.45, 2.75) is 20.4 Å². The van der Waals surface area contributed by atoms with Gasteiger partial charge in [-0.2, -0.15) is 0 Å². The molecule has 1 aliphatic rings. The van der Waals surface area contributed by atoms with Gasteiger partial charge in [0.2, 0.25) is 11.3 Å². The van der Waals surface area contributed by atoms with E-state index in [9.17, 15) is 4.79 Å². The number of hydrogen-bond donors (Lipinski definition) is 0. The van der Waals surface area contributed by atoms with E-state index in [4.69, 9.17) is 4.42 Å². The number of halogens is 1. The lowest BCUT2D eigenvalue weighted by molar-refractivity contribution is 0.270. The smallest absolute Gasteiger partial charge is 0.232 e. The highest BCUT2D eigenvalue weighted by Crippen LogP contribution is 2.29. The number of hydrogen-bond acceptors (Lipinski definition) is 5. The summed E-state index contributed by atoms with van der Waals surface area (Å²) in [6.07, 6.45) is 1.77. The molecule has 1 aliphatic heterocycles. The first kappa shape index (κ1) is 19.8. The molecule has 1 fully saturated rings. The number of pyridine rings is 1. The Labute approximate surface area is 179 Å². The molecule has 0 atom stereocenters. The van der Waals surface area contributed by atoms with Gasteiger partial charge >= 0.3 is 0 Å². The van der Waals surface area contributed by atoms with Crippen LogP contribution in [0.3, 0.4) is 0 Å². The van der Waals surface area contributed by atoms with Crippen LogP contribution in [0, 0.1) is 5.82 Å². The second-order valence-electron chi connectivity index (χ2n) is 7.89. The summed E-state index contributed by atoms with van der Waals surface area (Å²) in [5.41, 5.74) is 2.66. The minimum absolute atomic E-state index is 0.260. The second-order valence-corrected chi connectivity index (χ2v) is 7.89. The van der Waals surface area contributed by atoms with Gasteiger partial charge in [-0.3, -0.25) is 4.79 Å². The molecule has 0 unspecified atom stereocenters. The molecule has 5 rings (SSSR count). The molecule has 1 saturated heterocycles. The van der Waals surface area contributed by atoms with E-state index in [1.165, 1.54) is 6.07 Å². The molecular weight excluding hydrogens is 395 g/mol. The fourth-order valence-electron chi connectivity index (χ4n) is 4.35. The van der Waals surface area contributed by atoms with Crippen molar-refractivity contribution >= 4 is 27.7 Å². The van der Waals surface area contributed by atoms with E-state index in [1.807, 2.05) is 41.8 Å². The molecular formula is C24H25FN4O2. The van der Waals surface area contributed by atoms with Crippen molar-refractivity contribution in [2.24, 2.45) is 0 Å². The van der Waals surface area contributed by atoms with Gasteiger partial charge in [-0.25, -0.2) is 9.37 Å². The van der Waals surface area contributed by atoms with Gasteiger partial charge in [-0.05, 0) is 37.7 Å². The van der Waals surface area contributed by atoms with Gasteiger partial charge in [0.25, 0.3) is 0 Å². The van der Waals surface area contributed by atoms with Crippen molar-refractivity contribution in [3.8, 4) is 11.5 Å². The topological polar surface area (TPSA) is 54.5 Å². The highest BCUT2D eigenvalue weighted by Gasteiger charge is 2.22. The van der Waals surface area contributed by atoms with Crippen LogP contribution in [0.15, 0.2) is 51.8 Å². The molecule has 0 radical (unpaired) electrons. The summed E-state index contributed by atoms with van der Waals surface area (Å²) >= 11 is 0. The maximum Gasteiger partial charge on any atom is 0.232 e. The highest BCUT2D eigenvalue weighted by atomic mass is 19.1. The molecule has 31 heavy (non-hydrogen) atoms. The Hall–Kier alpha value is -3.19. The van der Waals surface area contributed by atoms with Crippen LogP contribution >= 0.6 is 0 Å². The van der Waals surface area contributed by atoms with Gasteiger partial charge in [0.1, 0.15) is 16.9 Å². The molecule has 0 saturated carbocycles. The number of anilines is 1. The number of aryl methyl sites for hydroxylation is 1. The van der Waals surface area contributed by atoms with E-state index >= 15 is 4.39 Å². The predicted octanol–water partition coefficient (Wildman–Crippen LogP) is 4.11. The Morgan fingerprint density at radius 2 is 1.84 bits per heavy atom. The quantitative estimate of drug-likeness (QED) is 0.497. The first-order valence-corrected chi connectivity index (χ1v) is 10.8. The summed E-state index contributed by atoms with van der Waals surface area (Å²) in [7, 11) is 0. The molecule has 0 aliphatic carbocycles. The number of piperazine rings is 1. The van der Waals surface area contributed by atoms with Crippen LogP contribution in [0.25, 0.3) is 33.5 Å². The van der Waals surface area contributed by atoms with Crippen LogP contribution < -0.4 is 10.3 Å². The van der Waals surface area contributed by atoms with E-state index in [0.717, 1.165) is 38.2 Å². The van der Waals surface area contributed by atoms with Gasteiger partial charge in [0, 0.05) is 44.3 Å². The Balaban J connectivity index is 1.63. The maximum atomic E-state index is 15.2. The fourth-order valence-corrected chi connectivity index (χ4v) is 4.35. The average Bonchev–Trinajstić information content (AvgIpc) is 3.23. The Kier molecular flexibility index (Phi) is 4.98. The normalized spacial score (nSPS) is 15.3. The number of rotatable bonds is 4. The number of nitrogens with zero attached hydrogens (tertiary/aromatic N) is 4. The molecule has 0 bridgehead atoms. The third-order valence-electron chi connectivity index (χ3n) is 6.17. The van der Waals surface area contributed by atoms with Crippen LogP contribution in [0.5, 0.6) is 0 Å². The first-order chi connectivity index (χ1) is 15.1. The van der Waals surface area contributed by atoms with Crippen molar-refractivity contribution in [2.75, 3.05) is 37.6 Å². The fraction of sp³-hybridized carbons (Fsp3) is 0.333. The number of aromatic nitrogens is 2. The summed E-state index contributed by atoms with van der Waals surface area (Å²) in [6.45, 7) is 9.14. The number of para-hydroxylation sites is 2. The van der Waals surface area contributed by atoms with Crippen molar-refractivity contribution in [3.63, 3.8) is 0 Å². The van der Waals surface area contributed by atoms with Gasteiger partial charge in [0.15, 0.2) is 5.58 Å².